The lowest BCUT2D eigenvalue weighted by Crippen LogP contribution is -2.33. The fourth-order valence-electron chi connectivity index (χ4n) is 3.05. The molecule has 142 valence electrons. The Bertz CT molecular complexity index is 937. The molecule has 0 aromatic heterocycles. The molecule has 1 heterocycles. The predicted octanol–water partition coefficient (Wildman–Crippen LogP) is 4.13. The molecular weight excluding hydrogens is 362 g/mol. The fraction of sp³-hybridized carbons (Fsp3) is 0.286. The molecule has 2 aromatic carbocycles. The van der Waals surface area contributed by atoms with Gasteiger partial charge in [-0.25, -0.2) is 8.42 Å². The summed E-state index contributed by atoms with van der Waals surface area (Å²) < 4.78 is 25.3. The fourth-order valence-corrected chi connectivity index (χ4v) is 4.29. The molecule has 0 N–H and O–H groups in total. The molecule has 1 aliphatic rings. The molecule has 2 aromatic rings. The van der Waals surface area contributed by atoms with Gasteiger partial charge in [0, 0.05) is 4.91 Å². The van der Waals surface area contributed by atoms with E-state index in [-0.39, 0.29) is 22.1 Å². The van der Waals surface area contributed by atoms with Gasteiger partial charge in [-0.2, -0.15) is 5.06 Å². The average molecular weight is 385 g/mol. The molecule has 5 nitrogen and oxygen atoms in total. The van der Waals surface area contributed by atoms with Crippen LogP contribution in [0, 0.1) is 5.41 Å². The summed E-state index contributed by atoms with van der Waals surface area (Å²) in [6.45, 7) is 7.40. The van der Waals surface area contributed by atoms with E-state index >= 15 is 0 Å². The third-order valence-corrected chi connectivity index (χ3v) is 6.74. The molecular formula is C21H23NO4S. The number of rotatable bonds is 6. The van der Waals surface area contributed by atoms with Crippen molar-refractivity contribution in [2.24, 2.45) is 5.41 Å². The Hall–Kier alpha value is -2.44. The third-order valence-electron chi connectivity index (χ3n) is 4.88. The Balaban J connectivity index is 1.72. The van der Waals surface area contributed by atoms with Crippen LogP contribution < -0.4 is 5.06 Å². The van der Waals surface area contributed by atoms with Crippen molar-refractivity contribution < 1.29 is 18.0 Å². The van der Waals surface area contributed by atoms with E-state index in [2.05, 4.69) is 6.58 Å². The minimum absolute atomic E-state index is 0.124. The third kappa shape index (κ3) is 3.68. The van der Waals surface area contributed by atoms with Crippen molar-refractivity contribution in [1.82, 2.24) is 0 Å². The molecule has 1 amide bonds. The van der Waals surface area contributed by atoms with Gasteiger partial charge in [0.2, 0.25) is 9.84 Å². The van der Waals surface area contributed by atoms with Gasteiger partial charge in [0.05, 0.1) is 16.0 Å². The lowest BCUT2D eigenvalue weighted by molar-refractivity contribution is -0.124. The lowest BCUT2D eigenvalue weighted by Gasteiger charge is -2.21. The minimum Gasteiger partial charge on any atom is -0.271 e. The first-order valence-electron chi connectivity index (χ1n) is 8.79. The number of hydrogen-bond donors (Lipinski definition) is 0. The Kier molecular flexibility index (Phi) is 5.22. The van der Waals surface area contributed by atoms with Crippen LogP contribution in [-0.2, 0) is 19.5 Å². The number of hydrogen-bond acceptors (Lipinski definition) is 4. The Morgan fingerprint density at radius 2 is 1.63 bits per heavy atom. The summed E-state index contributed by atoms with van der Waals surface area (Å²) in [6, 6.07) is 17.4. The molecule has 1 fully saturated rings. The summed E-state index contributed by atoms with van der Waals surface area (Å²) in [5.41, 5.74) is -0.0964. The van der Waals surface area contributed by atoms with Crippen molar-refractivity contribution in [2.75, 3.05) is 5.06 Å². The summed E-state index contributed by atoms with van der Waals surface area (Å²) in [6.07, 6.45) is 0.168. The summed E-state index contributed by atoms with van der Waals surface area (Å²) in [5, 5.41) is 1.30. The van der Waals surface area contributed by atoms with Crippen molar-refractivity contribution >= 4 is 21.4 Å². The van der Waals surface area contributed by atoms with Crippen LogP contribution in [0.5, 0.6) is 0 Å². The number of nitrogens with zero attached hydrogens (tertiary/aromatic N) is 1. The van der Waals surface area contributed by atoms with Gasteiger partial charge in [-0.1, -0.05) is 43.0 Å². The van der Waals surface area contributed by atoms with Crippen LogP contribution in [0.1, 0.15) is 26.7 Å². The normalized spacial score (nSPS) is 19.3. The van der Waals surface area contributed by atoms with Gasteiger partial charge >= 0.3 is 0 Å². The van der Waals surface area contributed by atoms with Crippen molar-refractivity contribution in [1.29, 1.82) is 0 Å². The second-order valence-corrected chi connectivity index (χ2v) is 9.20. The largest absolute Gasteiger partial charge is 0.271 e. The van der Waals surface area contributed by atoms with Crippen LogP contribution in [0.15, 0.2) is 77.0 Å². The molecule has 27 heavy (non-hydrogen) atoms. The first kappa shape index (κ1) is 19.3. The number of sulfone groups is 1. The van der Waals surface area contributed by atoms with Gasteiger partial charge in [-0.05, 0) is 51.0 Å². The van der Waals surface area contributed by atoms with E-state index in [1.54, 1.807) is 42.5 Å². The Labute approximate surface area is 160 Å². The number of amides is 1. The van der Waals surface area contributed by atoms with Crippen LogP contribution >= 0.6 is 0 Å². The first-order chi connectivity index (χ1) is 12.7. The molecule has 1 saturated heterocycles. The Morgan fingerprint density at radius 3 is 2.22 bits per heavy atom. The van der Waals surface area contributed by atoms with Crippen molar-refractivity contribution in [3.05, 3.63) is 72.1 Å². The van der Waals surface area contributed by atoms with E-state index in [4.69, 9.17) is 4.84 Å². The average Bonchev–Trinajstić information content (AvgIpc) is 2.90. The molecule has 1 aliphatic heterocycles. The molecule has 0 spiro atoms. The van der Waals surface area contributed by atoms with Crippen LogP contribution in [-0.4, -0.2) is 20.4 Å². The monoisotopic (exact) mass is 385 g/mol. The molecule has 0 radical (unpaired) electrons. The second-order valence-electron chi connectivity index (χ2n) is 7.14. The van der Waals surface area contributed by atoms with E-state index in [0.717, 1.165) is 0 Å². The molecule has 1 unspecified atom stereocenters. The summed E-state index contributed by atoms with van der Waals surface area (Å²) in [5.74, 6) is -0.143. The van der Waals surface area contributed by atoms with Crippen LogP contribution in [0.3, 0.4) is 0 Å². The number of hydroxylamine groups is 1. The zero-order valence-corrected chi connectivity index (χ0v) is 16.3. The van der Waals surface area contributed by atoms with E-state index in [1.807, 2.05) is 32.0 Å². The van der Waals surface area contributed by atoms with Gasteiger partial charge in [0.25, 0.3) is 5.91 Å². The van der Waals surface area contributed by atoms with E-state index < -0.39 is 21.4 Å². The smallest absolute Gasteiger partial charge is 0.259 e. The zero-order valence-electron chi connectivity index (χ0n) is 15.5. The Morgan fingerprint density at radius 1 is 1.07 bits per heavy atom. The summed E-state index contributed by atoms with van der Waals surface area (Å²) in [4.78, 5) is 19.0. The highest BCUT2D eigenvalue weighted by Crippen LogP contribution is 2.39. The highest BCUT2D eigenvalue weighted by molar-refractivity contribution is 7.95. The van der Waals surface area contributed by atoms with Crippen molar-refractivity contribution in [2.45, 2.75) is 37.7 Å². The van der Waals surface area contributed by atoms with Gasteiger partial charge < -0.3 is 0 Å². The first-order valence-corrected chi connectivity index (χ1v) is 10.3. The predicted molar refractivity (Wildman–Crippen MR) is 105 cm³/mol. The van der Waals surface area contributed by atoms with Gasteiger partial charge in [-0.3, -0.25) is 9.63 Å². The van der Waals surface area contributed by atoms with Gasteiger partial charge in [0.1, 0.15) is 6.10 Å². The van der Waals surface area contributed by atoms with Crippen LogP contribution in [0.25, 0.3) is 0 Å². The number of benzene rings is 2. The zero-order chi connectivity index (χ0) is 19.7. The number of carbonyl (C=O) groups is 1. The SMILES string of the molecule is C=C(CCC1ON(c2ccccc2)C(=O)C1(C)C)S(=O)(=O)c1ccccc1. The molecule has 0 bridgehead atoms. The van der Waals surface area contributed by atoms with Crippen molar-refractivity contribution in [3.63, 3.8) is 0 Å². The molecule has 1 atom stereocenters. The molecule has 3 rings (SSSR count). The molecule has 6 heteroatoms. The maximum Gasteiger partial charge on any atom is 0.259 e. The molecule has 0 aliphatic carbocycles. The maximum absolute atomic E-state index is 12.8. The lowest BCUT2D eigenvalue weighted by atomic mass is 9.84. The minimum atomic E-state index is -3.60. The number of allylic oxidation sites excluding steroid dienone is 1. The summed E-state index contributed by atoms with van der Waals surface area (Å²) in [7, 11) is -3.60. The number of para-hydroxylation sites is 1. The van der Waals surface area contributed by atoms with E-state index in [0.29, 0.717) is 12.1 Å². The highest BCUT2D eigenvalue weighted by Gasteiger charge is 2.49. The standard InChI is InChI=1S/C21H23NO4S/c1-16(27(24,25)18-12-8-5-9-13-18)14-15-19-21(2,3)20(23)22(26-19)17-10-6-4-7-11-17/h4-13,19H,1,14-15H2,2-3H3. The van der Waals surface area contributed by atoms with Crippen LogP contribution in [0.2, 0.25) is 0 Å². The van der Waals surface area contributed by atoms with E-state index in [9.17, 15) is 13.2 Å². The number of anilines is 1. The highest BCUT2D eigenvalue weighted by atomic mass is 32.2. The van der Waals surface area contributed by atoms with Crippen molar-refractivity contribution in [3.8, 4) is 0 Å². The topological polar surface area (TPSA) is 63.7 Å². The van der Waals surface area contributed by atoms with E-state index in [1.165, 1.54) is 5.06 Å². The van der Waals surface area contributed by atoms with Gasteiger partial charge in [0.15, 0.2) is 0 Å². The van der Waals surface area contributed by atoms with Gasteiger partial charge in [-0.15, -0.1) is 0 Å². The second kappa shape index (κ2) is 7.29. The number of carbonyl (C=O) groups excluding carboxylic acids is 1. The maximum atomic E-state index is 12.8. The quantitative estimate of drug-likeness (QED) is 0.750. The molecule has 0 saturated carbocycles. The van der Waals surface area contributed by atoms with Crippen LogP contribution in [0.4, 0.5) is 5.69 Å². The summed E-state index contributed by atoms with van der Waals surface area (Å²) >= 11 is 0.